The molecule has 0 aliphatic heterocycles. The van der Waals surface area contributed by atoms with Crippen molar-refractivity contribution < 1.29 is 4.79 Å². The van der Waals surface area contributed by atoms with Gasteiger partial charge in [-0.3, -0.25) is 14.2 Å². The van der Waals surface area contributed by atoms with Crippen molar-refractivity contribution >= 4 is 16.8 Å². The lowest BCUT2D eigenvalue weighted by atomic mass is 10.2. The third kappa shape index (κ3) is 3.68. The number of hydrogen-bond acceptors (Lipinski definition) is 3. The second-order valence-corrected chi connectivity index (χ2v) is 5.14. The van der Waals surface area contributed by atoms with Crippen LogP contribution in [-0.2, 0) is 11.3 Å². The van der Waals surface area contributed by atoms with Gasteiger partial charge in [0.05, 0.1) is 23.8 Å². The van der Waals surface area contributed by atoms with Gasteiger partial charge in [-0.1, -0.05) is 42.2 Å². The van der Waals surface area contributed by atoms with E-state index < -0.39 is 0 Å². The molecule has 0 aliphatic rings. The summed E-state index contributed by atoms with van der Waals surface area (Å²) in [5, 5.41) is 3.17. The summed E-state index contributed by atoms with van der Waals surface area (Å²) in [6, 6.07) is 16.6. The summed E-state index contributed by atoms with van der Waals surface area (Å²) < 4.78 is 1.29. The second kappa shape index (κ2) is 7.25. The average molecular weight is 317 g/mol. The first-order valence-electron chi connectivity index (χ1n) is 7.49. The molecule has 0 spiro atoms. The molecule has 0 aliphatic carbocycles. The molecule has 0 fully saturated rings. The quantitative estimate of drug-likeness (QED) is 0.746. The van der Waals surface area contributed by atoms with Crippen LogP contribution in [0.1, 0.15) is 5.56 Å². The minimum absolute atomic E-state index is 0.0797. The fourth-order valence-corrected chi connectivity index (χ4v) is 2.24. The molecule has 0 radical (unpaired) electrons. The van der Waals surface area contributed by atoms with Crippen molar-refractivity contribution in [3.63, 3.8) is 0 Å². The molecule has 0 atom stereocenters. The Morgan fingerprint density at radius 2 is 1.83 bits per heavy atom. The van der Waals surface area contributed by atoms with E-state index >= 15 is 0 Å². The van der Waals surface area contributed by atoms with E-state index in [1.54, 1.807) is 18.2 Å². The maximum atomic E-state index is 12.3. The number of fused-ring (bicyclic) bond motifs is 1. The van der Waals surface area contributed by atoms with Crippen LogP contribution < -0.4 is 10.9 Å². The van der Waals surface area contributed by atoms with Gasteiger partial charge < -0.3 is 5.32 Å². The van der Waals surface area contributed by atoms with Crippen LogP contribution in [0.3, 0.4) is 0 Å². The Morgan fingerprint density at radius 1 is 1.08 bits per heavy atom. The minimum atomic E-state index is -0.281. The number of carbonyl (C=O) groups excluding carboxylic acids is 1. The lowest BCUT2D eigenvalue weighted by Gasteiger charge is -2.06. The normalized spacial score (nSPS) is 10.0. The number of carbonyl (C=O) groups is 1. The van der Waals surface area contributed by atoms with Crippen LogP contribution in [0, 0.1) is 11.8 Å². The number of benzene rings is 2. The molecule has 1 N–H and O–H groups in total. The Morgan fingerprint density at radius 3 is 2.67 bits per heavy atom. The number of amides is 1. The Hall–Kier alpha value is -3.39. The topological polar surface area (TPSA) is 64.0 Å². The number of rotatable bonds is 3. The van der Waals surface area contributed by atoms with Crippen molar-refractivity contribution in [2.75, 3.05) is 6.54 Å². The molecule has 24 heavy (non-hydrogen) atoms. The van der Waals surface area contributed by atoms with Crippen LogP contribution in [-0.4, -0.2) is 22.0 Å². The van der Waals surface area contributed by atoms with E-state index in [2.05, 4.69) is 22.1 Å². The van der Waals surface area contributed by atoms with Gasteiger partial charge >= 0.3 is 0 Å². The highest BCUT2D eigenvalue weighted by molar-refractivity contribution is 5.79. The molecule has 5 heteroatoms. The number of nitrogens with one attached hydrogen (secondary N) is 1. The predicted octanol–water partition coefficient (Wildman–Crippen LogP) is 1.56. The van der Waals surface area contributed by atoms with Crippen molar-refractivity contribution in [3.05, 3.63) is 76.8 Å². The maximum Gasteiger partial charge on any atom is 0.261 e. The molecule has 5 nitrogen and oxygen atoms in total. The van der Waals surface area contributed by atoms with Crippen molar-refractivity contribution in [1.82, 2.24) is 14.9 Å². The Bertz CT molecular complexity index is 982. The largest absolute Gasteiger partial charge is 0.344 e. The van der Waals surface area contributed by atoms with Crippen molar-refractivity contribution in [2.45, 2.75) is 6.54 Å². The van der Waals surface area contributed by atoms with Gasteiger partial charge in [0.15, 0.2) is 0 Å². The van der Waals surface area contributed by atoms with Gasteiger partial charge in [0.2, 0.25) is 5.91 Å². The Balaban J connectivity index is 1.62. The third-order valence-electron chi connectivity index (χ3n) is 3.43. The third-order valence-corrected chi connectivity index (χ3v) is 3.43. The van der Waals surface area contributed by atoms with E-state index in [4.69, 9.17) is 0 Å². The fourth-order valence-electron chi connectivity index (χ4n) is 2.24. The monoisotopic (exact) mass is 317 g/mol. The highest BCUT2D eigenvalue weighted by Gasteiger charge is 2.06. The fraction of sp³-hybridized carbons (Fsp3) is 0.105. The van der Waals surface area contributed by atoms with Gasteiger partial charge in [-0.05, 0) is 24.3 Å². The summed E-state index contributed by atoms with van der Waals surface area (Å²) in [5.74, 6) is 5.55. The van der Waals surface area contributed by atoms with E-state index in [9.17, 15) is 9.59 Å². The van der Waals surface area contributed by atoms with Crippen molar-refractivity contribution in [3.8, 4) is 11.8 Å². The van der Waals surface area contributed by atoms with Crippen LogP contribution in [0.5, 0.6) is 0 Å². The molecule has 1 heterocycles. The number of para-hydroxylation sites is 1. The summed E-state index contributed by atoms with van der Waals surface area (Å²) in [7, 11) is 0. The summed E-state index contributed by atoms with van der Waals surface area (Å²) in [4.78, 5) is 28.4. The van der Waals surface area contributed by atoms with Crippen LogP contribution in [0.2, 0.25) is 0 Å². The van der Waals surface area contributed by atoms with Gasteiger partial charge in [0.25, 0.3) is 5.56 Å². The lowest BCUT2D eigenvalue weighted by molar-refractivity contribution is -0.121. The maximum absolute atomic E-state index is 12.3. The van der Waals surface area contributed by atoms with Crippen molar-refractivity contribution in [1.29, 1.82) is 0 Å². The summed E-state index contributed by atoms with van der Waals surface area (Å²) >= 11 is 0. The van der Waals surface area contributed by atoms with E-state index in [0.717, 1.165) is 5.56 Å². The molecule has 1 aromatic heterocycles. The van der Waals surface area contributed by atoms with Crippen LogP contribution >= 0.6 is 0 Å². The molecule has 0 unspecified atom stereocenters. The zero-order chi connectivity index (χ0) is 16.8. The molecule has 2 aromatic carbocycles. The molecule has 118 valence electrons. The van der Waals surface area contributed by atoms with Gasteiger partial charge in [-0.15, -0.1) is 0 Å². The van der Waals surface area contributed by atoms with Gasteiger partial charge in [-0.25, -0.2) is 4.98 Å². The average Bonchev–Trinajstić information content (AvgIpc) is 2.62. The van der Waals surface area contributed by atoms with Crippen LogP contribution in [0.15, 0.2) is 65.7 Å². The zero-order valence-corrected chi connectivity index (χ0v) is 12.9. The zero-order valence-electron chi connectivity index (χ0n) is 12.9. The molecular formula is C19H15N3O2. The highest BCUT2D eigenvalue weighted by Crippen LogP contribution is 2.04. The molecule has 0 saturated carbocycles. The summed E-state index contributed by atoms with van der Waals surface area (Å²) in [5.41, 5.74) is 1.28. The lowest BCUT2D eigenvalue weighted by Crippen LogP contribution is -2.32. The van der Waals surface area contributed by atoms with Gasteiger partial charge in [0.1, 0.15) is 6.54 Å². The number of aromatic nitrogens is 2. The molecular weight excluding hydrogens is 302 g/mol. The Kier molecular flexibility index (Phi) is 4.68. The standard InChI is InChI=1S/C19H15N3O2/c23-18(20-12-6-9-15-7-2-1-3-8-15)13-22-14-21-17-11-5-4-10-16(17)19(22)24/h1-5,7-8,10-11,14H,12-13H2,(H,20,23). The first-order chi connectivity index (χ1) is 11.7. The van der Waals surface area contributed by atoms with Crippen LogP contribution in [0.25, 0.3) is 10.9 Å². The van der Waals surface area contributed by atoms with Crippen LogP contribution in [0.4, 0.5) is 0 Å². The van der Waals surface area contributed by atoms with Gasteiger partial charge in [0, 0.05) is 5.56 Å². The molecule has 3 rings (SSSR count). The smallest absolute Gasteiger partial charge is 0.261 e. The first kappa shape index (κ1) is 15.5. The van der Waals surface area contributed by atoms with Crippen molar-refractivity contribution in [2.24, 2.45) is 0 Å². The minimum Gasteiger partial charge on any atom is -0.344 e. The predicted molar refractivity (Wildman–Crippen MR) is 92.3 cm³/mol. The van der Waals surface area contributed by atoms with E-state index in [1.807, 2.05) is 36.4 Å². The van der Waals surface area contributed by atoms with E-state index in [0.29, 0.717) is 10.9 Å². The summed E-state index contributed by atoms with van der Waals surface area (Å²) in [6.07, 6.45) is 1.39. The molecule has 0 bridgehead atoms. The molecule has 3 aromatic rings. The van der Waals surface area contributed by atoms with Gasteiger partial charge in [-0.2, -0.15) is 0 Å². The molecule has 0 saturated heterocycles. The highest BCUT2D eigenvalue weighted by atomic mass is 16.2. The second-order valence-electron chi connectivity index (χ2n) is 5.14. The van der Waals surface area contributed by atoms with E-state index in [-0.39, 0.29) is 24.6 Å². The number of nitrogens with zero attached hydrogens (tertiary/aromatic N) is 2. The van der Waals surface area contributed by atoms with E-state index in [1.165, 1.54) is 10.9 Å². The first-order valence-corrected chi connectivity index (χ1v) is 7.49. The SMILES string of the molecule is O=C(Cn1cnc2ccccc2c1=O)NCC#Cc1ccccc1. The number of hydrogen-bond donors (Lipinski definition) is 1. The summed E-state index contributed by atoms with van der Waals surface area (Å²) in [6.45, 7) is 0.146. The molecule has 1 amide bonds. The Labute approximate surface area is 139 Å².